The van der Waals surface area contributed by atoms with Crippen LogP contribution in [0.2, 0.25) is 0 Å². The molecule has 1 aromatic heterocycles. The maximum absolute atomic E-state index is 4.31. The summed E-state index contributed by atoms with van der Waals surface area (Å²) in [6, 6.07) is 4.19. The van der Waals surface area contributed by atoms with E-state index in [-0.39, 0.29) is 0 Å². The molecule has 0 aliphatic carbocycles. The van der Waals surface area contributed by atoms with E-state index in [1.54, 1.807) is 0 Å². The van der Waals surface area contributed by atoms with Gasteiger partial charge in [0.25, 0.3) is 0 Å². The fourth-order valence-electron chi connectivity index (χ4n) is 1.77. The number of nitrogens with zero attached hydrogens (tertiary/aromatic N) is 3. The van der Waals surface area contributed by atoms with Crippen LogP contribution in [0.3, 0.4) is 0 Å². The van der Waals surface area contributed by atoms with E-state index in [9.17, 15) is 0 Å². The molecule has 106 valence electrons. The summed E-state index contributed by atoms with van der Waals surface area (Å²) in [5.41, 5.74) is 1.27. The predicted octanol–water partition coefficient (Wildman–Crippen LogP) is 1.95. The molecule has 1 aromatic rings. The van der Waals surface area contributed by atoms with Crippen LogP contribution in [-0.4, -0.2) is 47.6 Å². The minimum atomic E-state index is 0.850. The van der Waals surface area contributed by atoms with Crippen molar-refractivity contribution in [2.75, 3.05) is 32.1 Å². The normalized spacial score (nSPS) is 11.4. The number of aliphatic imine (C=N–C) groups is 1. The highest BCUT2D eigenvalue weighted by molar-refractivity contribution is 7.99. The first kappa shape index (κ1) is 15.7. The number of hydrogen-bond donors (Lipinski definition) is 1. The zero-order chi connectivity index (χ0) is 14.1. The van der Waals surface area contributed by atoms with Gasteiger partial charge in [-0.15, -0.1) is 6.58 Å². The minimum absolute atomic E-state index is 0.850. The van der Waals surface area contributed by atoms with Gasteiger partial charge in [0.15, 0.2) is 5.96 Å². The van der Waals surface area contributed by atoms with Gasteiger partial charge in [-0.25, -0.2) is 0 Å². The fraction of sp³-hybridized carbons (Fsp3) is 0.500. The zero-order valence-electron chi connectivity index (χ0n) is 12.1. The number of rotatable bonds is 7. The minimum Gasteiger partial charge on any atom is -0.355 e. The van der Waals surface area contributed by atoms with Crippen LogP contribution in [0.5, 0.6) is 0 Å². The summed E-state index contributed by atoms with van der Waals surface area (Å²) < 4.78 is 2.13. The molecule has 0 bridgehead atoms. The Morgan fingerprint density at radius 2 is 2.42 bits per heavy atom. The highest BCUT2D eigenvalue weighted by atomic mass is 32.2. The van der Waals surface area contributed by atoms with Crippen molar-refractivity contribution in [3.63, 3.8) is 0 Å². The third-order valence-corrected chi connectivity index (χ3v) is 3.75. The fourth-order valence-corrected chi connectivity index (χ4v) is 2.34. The molecule has 0 saturated carbocycles. The Labute approximate surface area is 120 Å². The maximum atomic E-state index is 4.31. The second-order valence-corrected chi connectivity index (χ2v) is 5.45. The van der Waals surface area contributed by atoms with Crippen LogP contribution in [0, 0.1) is 0 Å². The monoisotopic (exact) mass is 280 g/mol. The van der Waals surface area contributed by atoms with Crippen LogP contribution < -0.4 is 5.32 Å². The van der Waals surface area contributed by atoms with Crippen molar-refractivity contribution in [2.24, 2.45) is 12.0 Å². The average molecular weight is 280 g/mol. The zero-order valence-corrected chi connectivity index (χ0v) is 12.9. The van der Waals surface area contributed by atoms with Crippen LogP contribution in [0.1, 0.15) is 5.69 Å². The summed E-state index contributed by atoms with van der Waals surface area (Å²) >= 11 is 1.87. The molecule has 0 radical (unpaired) electrons. The molecule has 0 unspecified atom stereocenters. The van der Waals surface area contributed by atoms with E-state index < -0.39 is 0 Å². The molecule has 4 nitrogen and oxygen atoms in total. The van der Waals surface area contributed by atoms with Gasteiger partial charge in [-0.1, -0.05) is 6.08 Å². The van der Waals surface area contributed by atoms with Gasteiger partial charge in [-0.2, -0.15) is 11.8 Å². The number of thioether (sulfide) groups is 1. The first-order chi connectivity index (χ1) is 9.19. The molecule has 0 aromatic carbocycles. The summed E-state index contributed by atoms with van der Waals surface area (Å²) in [6.07, 6.45) is 3.99. The molecule has 0 saturated heterocycles. The van der Waals surface area contributed by atoms with Crippen molar-refractivity contribution in [1.29, 1.82) is 0 Å². The van der Waals surface area contributed by atoms with E-state index in [0.717, 1.165) is 30.6 Å². The molecule has 1 rings (SSSR count). The van der Waals surface area contributed by atoms with Gasteiger partial charge < -0.3 is 14.8 Å². The predicted molar refractivity (Wildman–Crippen MR) is 85.8 cm³/mol. The molecule has 0 aliphatic rings. The highest BCUT2D eigenvalue weighted by Crippen LogP contribution is 2.04. The van der Waals surface area contributed by atoms with E-state index >= 15 is 0 Å². The van der Waals surface area contributed by atoms with Gasteiger partial charge in [0.05, 0.1) is 6.54 Å². The van der Waals surface area contributed by atoms with Crippen LogP contribution in [0.4, 0.5) is 0 Å². The molecular weight excluding hydrogens is 256 g/mol. The summed E-state index contributed by atoms with van der Waals surface area (Å²) in [5, 5.41) is 3.37. The molecule has 0 spiro atoms. The summed E-state index contributed by atoms with van der Waals surface area (Å²) in [4.78, 5) is 6.44. The lowest BCUT2D eigenvalue weighted by molar-refractivity contribution is 0.464. The van der Waals surface area contributed by atoms with Crippen molar-refractivity contribution in [3.05, 3.63) is 36.7 Å². The second-order valence-electron chi connectivity index (χ2n) is 4.30. The van der Waals surface area contributed by atoms with Gasteiger partial charge in [-0.3, -0.25) is 4.99 Å². The van der Waals surface area contributed by atoms with E-state index in [1.165, 1.54) is 5.69 Å². The Morgan fingerprint density at radius 1 is 1.63 bits per heavy atom. The molecule has 0 aliphatic heterocycles. The van der Waals surface area contributed by atoms with E-state index in [0.29, 0.717) is 0 Å². The molecule has 1 N–H and O–H groups in total. The Morgan fingerprint density at radius 3 is 3.00 bits per heavy atom. The van der Waals surface area contributed by atoms with Crippen LogP contribution in [0.15, 0.2) is 36.0 Å². The van der Waals surface area contributed by atoms with Crippen molar-refractivity contribution in [2.45, 2.75) is 6.54 Å². The van der Waals surface area contributed by atoms with Gasteiger partial charge in [-0.05, 0) is 12.1 Å². The number of guanidine groups is 1. The Balaban J connectivity index is 2.38. The summed E-state index contributed by atoms with van der Waals surface area (Å²) in [5.74, 6) is 2.99. The number of hydrogen-bond acceptors (Lipinski definition) is 2. The first-order valence-corrected chi connectivity index (χ1v) is 7.55. The highest BCUT2D eigenvalue weighted by Gasteiger charge is 2.07. The largest absolute Gasteiger partial charge is 0.355 e. The quantitative estimate of drug-likeness (QED) is 0.359. The summed E-state index contributed by atoms with van der Waals surface area (Å²) in [6.45, 7) is 5.48. The van der Waals surface area contributed by atoms with Gasteiger partial charge in [0.2, 0.25) is 0 Å². The molecule has 0 atom stereocenters. The topological polar surface area (TPSA) is 32.6 Å². The molecule has 5 heteroatoms. The first-order valence-electron chi connectivity index (χ1n) is 6.39. The lowest BCUT2D eigenvalue weighted by Gasteiger charge is -2.22. The van der Waals surface area contributed by atoms with Crippen LogP contribution >= 0.6 is 11.8 Å². The smallest absolute Gasteiger partial charge is 0.193 e. The standard InChI is InChI=1S/C14H24N4S/c1-5-10-19-11-8-16-14(15-2)18(4)12-13-7-6-9-17(13)3/h5-7,9H,1,8,10-12H2,2-4H3,(H,15,16). The molecule has 19 heavy (non-hydrogen) atoms. The second kappa shape index (κ2) is 8.69. The van der Waals surface area contributed by atoms with Crippen molar-refractivity contribution >= 4 is 17.7 Å². The number of aryl methyl sites for hydroxylation is 1. The van der Waals surface area contributed by atoms with E-state index in [1.807, 2.05) is 24.9 Å². The lowest BCUT2D eigenvalue weighted by atomic mass is 10.4. The summed E-state index contributed by atoms with van der Waals surface area (Å²) in [7, 11) is 5.94. The average Bonchev–Trinajstić information content (AvgIpc) is 2.79. The molecule has 0 fully saturated rings. The van der Waals surface area contributed by atoms with Gasteiger partial charge in [0.1, 0.15) is 0 Å². The lowest BCUT2D eigenvalue weighted by Crippen LogP contribution is -2.39. The number of nitrogens with one attached hydrogen (secondary N) is 1. The Kier molecular flexibility index (Phi) is 7.18. The van der Waals surface area contributed by atoms with Crippen molar-refractivity contribution in [3.8, 4) is 0 Å². The molecule has 0 amide bonds. The molecule has 1 heterocycles. The van der Waals surface area contributed by atoms with E-state index in [2.05, 4.69) is 58.8 Å². The van der Waals surface area contributed by atoms with E-state index in [4.69, 9.17) is 0 Å². The van der Waals surface area contributed by atoms with Crippen molar-refractivity contribution in [1.82, 2.24) is 14.8 Å². The van der Waals surface area contributed by atoms with Gasteiger partial charge in [0, 0.05) is 51.1 Å². The maximum Gasteiger partial charge on any atom is 0.193 e. The van der Waals surface area contributed by atoms with Crippen LogP contribution in [0.25, 0.3) is 0 Å². The number of aromatic nitrogens is 1. The van der Waals surface area contributed by atoms with Crippen molar-refractivity contribution < 1.29 is 0 Å². The van der Waals surface area contributed by atoms with Gasteiger partial charge >= 0.3 is 0 Å². The third-order valence-electron chi connectivity index (χ3n) is 2.79. The van der Waals surface area contributed by atoms with Crippen LogP contribution in [-0.2, 0) is 13.6 Å². The SMILES string of the molecule is C=CCSCCNC(=NC)N(C)Cc1cccn1C. The molecular formula is C14H24N4S. The third kappa shape index (κ3) is 5.42. The Hall–Kier alpha value is -1.36. The Bertz CT molecular complexity index is 411.